The number of aliphatic hydroxyl groups excluding tert-OH is 1. The highest BCUT2D eigenvalue weighted by Crippen LogP contribution is 2.41. The number of hydrogen-bond acceptors (Lipinski definition) is 7. The van der Waals surface area contributed by atoms with Gasteiger partial charge in [-0.05, 0) is 19.3 Å². The summed E-state index contributed by atoms with van der Waals surface area (Å²) < 4.78 is 29.0. The molecule has 0 aliphatic carbocycles. The summed E-state index contributed by atoms with van der Waals surface area (Å²) in [6.07, 6.45) is 49.0. The average molecular weight is 792 g/mol. The van der Waals surface area contributed by atoms with E-state index in [1.54, 1.807) is 12.2 Å². The molecule has 0 aliphatic rings. The van der Waals surface area contributed by atoms with E-state index in [4.69, 9.17) is 13.8 Å². The number of aliphatic hydroxyl groups is 1. The number of phosphoric acid groups is 1. The van der Waals surface area contributed by atoms with Crippen LogP contribution in [0.15, 0.2) is 72.9 Å². The van der Waals surface area contributed by atoms with E-state index in [0.29, 0.717) is 17.4 Å². The fourth-order valence-corrected chi connectivity index (χ4v) is 7.06. The average Bonchev–Trinajstić information content (AvgIpc) is 3.13. The number of likely N-dealkylation sites (N-methyl/N-ethyl adjacent to an activating group) is 1. The molecule has 0 bridgehead atoms. The molecule has 55 heavy (non-hydrogen) atoms. The van der Waals surface area contributed by atoms with Crippen LogP contribution in [0.4, 0.5) is 0 Å². The van der Waals surface area contributed by atoms with E-state index in [1.807, 2.05) is 57.6 Å². The number of quaternary nitrogens is 1. The molecule has 0 aliphatic heterocycles. The highest BCUT2D eigenvalue weighted by molar-refractivity contribution is 7.45. The van der Waals surface area contributed by atoms with Gasteiger partial charge in [0.25, 0.3) is 7.82 Å². The largest absolute Gasteiger partial charge is 0.756 e. The summed E-state index contributed by atoms with van der Waals surface area (Å²) in [5.41, 5.74) is 0. The summed E-state index contributed by atoms with van der Waals surface area (Å²) in [5.74, 6) is -0.719. The maximum absolute atomic E-state index is 12.8. The molecule has 8 nitrogen and oxygen atoms in total. The minimum atomic E-state index is -4.70. The Morgan fingerprint density at radius 1 is 0.618 bits per heavy atom. The van der Waals surface area contributed by atoms with E-state index in [9.17, 15) is 19.4 Å². The third-order valence-corrected chi connectivity index (χ3v) is 10.2. The van der Waals surface area contributed by atoms with Crippen molar-refractivity contribution in [2.45, 2.75) is 174 Å². The maximum atomic E-state index is 12.8. The Kier molecular flexibility index (Phi) is 36.1. The van der Waals surface area contributed by atoms with Crippen LogP contribution in [0.5, 0.6) is 0 Å². The van der Waals surface area contributed by atoms with Gasteiger partial charge in [0, 0.05) is 6.08 Å². The quantitative estimate of drug-likeness (QED) is 0.0166. The maximum Gasteiger partial charge on any atom is 0.331 e. The predicted octanol–water partition coefficient (Wildman–Crippen LogP) is 11.8. The molecule has 3 atom stereocenters. The van der Waals surface area contributed by atoms with Crippen LogP contribution in [-0.4, -0.2) is 68.7 Å². The van der Waals surface area contributed by atoms with Gasteiger partial charge < -0.3 is 28.3 Å². The molecular weight excluding hydrogens is 709 g/mol. The highest BCUT2D eigenvalue weighted by atomic mass is 31.2. The molecule has 1 N–H and O–H groups in total. The van der Waals surface area contributed by atoms with Crippen LogP contribution in [0.1, 0.15) is 162 Å². The standard InChI is InChI=1S/C46H82NO7P/c1-6-8-10-12-14-16-18-20-22-23-24-25-26-28-30-32-34-36-38-40-46(49)53-45(42-48)43-52-55(50,51)54-44(41-47(3,4)5)39-37-35-33-31-29-27-21-19-17-15-13-11-9-7-2/h22-26,28,30,32,34,36,38,40,44-45,48H,6-21,27,29,31,33,35,37,39,41-43H2,1-5H3/t44?,45-/m1/s1. The van der Waals surface area contributed by atoms with Crippen molar-refractivity contribution in [1.82, 2.24) is 0 Å². The Balaban J connectivity index is 4.39. The number of carbonyl (C=O) groups excluding carboxylic acids is 1. The lowest BCUT2D eigenvalue weighted by Gasteiger charge is -2.33. The molecule has 0 aromatic rings. The topological polar surface area (TPSA) is 105 Å². The van der Waals surface area contributed by atoms with Crippen LogP contribution in [-0.2, 0) is 23.1 Å². The molecule has 2 unspecified atom stereocenters. The Bertz CT molecular complexity index is 1120. The van der Waals surface area contributed by atoms with E-state index in [0.717, 1.165) is 25.7 Å². The van der Waals surface area contributed by atoms with Gasteiger partial charge in [-0.25, -0.2) is 4.79 Å². The molecule has 0 aromatic carbocycles. The molecule has 0 saturated carbocycles. The van der Waals surface area contributed by atoms with Gasteiger partial charge in [-0.15, -0.1) is 0 Å². The van der Waals surface area contributed by atoms with E-state index in [-0.39, 0.29) is 0 Å². The summed E-state index contributed by atoms with van der Waals surface area (Å²) >= 11 is 0. The molecule has 0 rings (SSSR count). The smallest absolute Gasteiger partial charge is 0.331 e. The van der Waals surface area contributed by atoms with Gasteiger partial charge >= 0.3 is 5.97 Å². The van der Waals surface area contributed by atoms with Gasteiger partial charge in [-0.1, -0.05) is 209 Å². The Labute approximate surface area is 338 Å². The summed E-state index contributed by atoms with van der Waals surface area (Å²) in [6.45, 7) is 3.89. The third-order valence-electron chi connectivity index (χ3n) is 9.16. The number of esters is 1. The molecule has 9 heteroatoms. The van der Waals surface area contributed by atoms with Crippen LogP contribution in [0.25, 0.3) is 0 Å². The molecular formula is C46H82NO7P. The van der Waals surface area contributed by atoms with E-state index in [2.05, 4.69) is 26.0 Å². The molecule has 0 saturated heterocycles. The summed E-state index contributed by atoms with van der Waals surface area (Å²) in [6, 6.07) is 0. The van der Waals surface area contributed by atoms with Crippen molar-refractivity contribution >= 4 is 13.8 Å². The van der Waals surface area contributed by atoms with Crippen molar-refractivity contribution in [1.29, 1.82) is 0 Å². The Morgan fingerprint density at radius 3 is 1.49 bits per heavy atom. The summed E-state index contributed by atoms with van der Waals surface area (Å²) in [4.78, 5) is 25.0. The van der Waals surface area contributed by atoms with Crippen molar-refractivity contribution in [3.63, 3.8) is 0 Å². The van der Waals surface area contributed by atoms with Crippen LogP contribution < -0.4 is 4.89 Å². The van der Waals surface area contributed by atoms with E-state index in [1.165, 1.54) is 128 Å². The zero-order valence-corrected chi connectivity index (χ0v) is 36.7. The van der Waals surface area contributed by atoms with Gasteiger partial charge in [0.1, 0.15) is 18.8 Å². The minimum absolute atomic E-state index is 0.504. The molecule has 318 valence electrons. The predicted molar refractivity (Wildman–Crippen MR) is 231 cm³/mol. The fraction of sp³-hybridized carbons (Fsp3) is 0.717. The number of unbranched alkanes of at least 4 members (excludes halogenated alkanes) is 20. The highest BCUT2D eigenvalue weighted by Gasteiger charge is 2.25. The number of carbonyl (C=O) groups is 1. The number of phosphoric ester groups is 1. The second-order valence-corrected chi connectivity index (χ2v) is 17.2. The van der Waals surface area contributed by atoms with Gasteiger partial charge in [-0.3, -0.25) is 4.57 Å². The first-order valence-electron chi connectivity index (χ1n) is 21.8. The van der Waals surface area contributed by atoms with Crippen molar-refractivity contribution in [3.05, 3.63) is 72.9 Å². The minimum Gasteiger partial charge on any atom is -0.756 e. The lowest BCUT2D eigenvalue weighted by molar-refractivity contribution is -0.873. The van der Waals surface area contributed by atoms with Crippen molar-refractivity contribution in [2.75, 3.05) is 40.9 Å². The molecule has 0 spiro atoms. The number of rotatable bonds is 38. The van der Waals surface area contributed by atoms with Crippen molar-refractivity contribution in [2.24, 2.45) is 0 Å². The van der Waals surface area contributed by atoms with E-state index >= 15 is 0 Å². The molecule has 0 fully saturated rings. The fourth-order valence-electron chi connectivity index (χ4n) is 6.11. The zero-order valence-electron chi connectivity index (χ0n) is 35.8. The first-order chi connectivity index (χ1) is 26.5. The second-order valence-electron chi connectivity index (χ2n) is 15.8. The number of hydrogen-bond donors (Lipinski definition) is 1. The lowest BCUT2D eigenvalue weighted by Crippen LogP contribution is -2.42. The molecule has 0 aromatic heterocycles. The Hall–Kier alpha value is -2.06. The summed E-state index contributed by atoms with van der Waals surface area (Å²) in [5, 5.41) is 9.68. The Morgan fingerprint density at radius 2 is 1.04 bits per heavy atom. The number of allylic oxidation sites excluding steroid dienone is 11. The van der Waals surface area contributed by atoms with Crippen LogP contribution in [0.2, 0.25) is 0 Å². The SMILES string of the molecule is CCCCCCCCCC=CC=CC=CC=CC=CC=CC(=O)O[C@H](CO)COP(=O)([O-])OC(CCCCCCCCCCCCCCCC)C[N+](C)(C)C. The van der Waals surface area contributed by atoms with Crippen LogP contribution in [0, 0.1) is 0 Å². The monoisotopic (exact) mass is 792 g/mol. The normalized spacial score (nSPS) is 15.1. The number of nitrogens with zero attached hydrogens (tertiary/aromatic N) is 1. The van der Waals surface area contributed by atoms with Gasteiger partial charge in [0.15, 0.2) is 0 Å². The van der Waals surface area contributed by atoms with E-state index < -0.39 is 39.2 Å². The first-order valence-corrected chi connectivity index (χ1v) is 23.2. The second kappa shape index (κ2) is 37.5. The number of ether oxygens (including phenoxy) is 1. The zero-order chi connectivity index (χ0) is 40.7. The first kappa shape index (κ1) is 52.9. The van der Waals surface area contributed by atoms with Gasteiger partial charge in [-0.2, -0.15) is 0 Å². The van der Waals surface area contributed by atoms with Crippen LogP contribution in [0.3, 0.4) is 0 Å². The van der Waals surface area contributed by atoms with Gasteiger partial charge in [0.05, 0.1) is 34.4 Å². The summed E-state index contributed by atoms with van der Waals surface area (Å²) in [7, 11) is 1.27. The molecule has 0 radical (unpaired) electrons. The van der Waals surface area contributed by atoms with Crippen molar-refractivity contribution < 1.29 is 37.6 Å². The molecule has 0 amide bonds. The van der Waals surface area contributed by atoms with Gasteiger partial charge in [0.2, 0.25) is 0 Å². The lowest BCUT2D eigenvalue weighted by atomic mass is 10.0. The van der Waals surface area contributed by atoms with Crippen molar-refractivity contribution in [3.8, 4) is 0 Å². The molecule has 0 heterocycles. The van der Waals surface area contributed by atoms with Crippen LogP contribution >= 0.6 is 7.82 Å². The third kappa shape index (κ3) is 40.0.